The monoisotopic (exact) mass is 283 g/mol. The number of benzene rings is 1. The second kappa shape index (κ2) is 6.50. The average Bonchev–Trinajstić information content (AvgIpc) is 2.53. The van der Waals surface area contributed by atoms with Crippen molar-refractivity contribution in [2.45, 2.75) is 25.9 Å². The van der Waals surface area contributed by atoms with Crippen LogP contribution >= 0.6 is 0 Å². The van der Waals surface area contributed by atoms with Crippen molar-refractivity contribution in [2.24, 2.45) is 5.73 Å². The molecule has 2 aromatic rings. The predicted octanol–water partition coefficient (Wildman–Crippen LogP) is 2.30. The molecule has 1 amide bonds. The Morgan fingerprint density at radius 2 is 1.86 bits per heavy atom. The summed E-state index contributed by atoms with van der Waals surface area (Å²) in [5, 5.41) is 0. The highest BCUT2D eigenvalue weighted by molar-refractivity contribution is 5.87. The first-order valence-electron chi connectivity index (χ1n) is 7.09. The van der Waals surface area contributed by atoms with Crippen molar-refractivity contribution in [1.82, 2.24) is 9.88 Å². The molecule has 0 saturated carbocycles. The van der Waals surface area contributed by atoms with Gasteiger partial charge in [-0.25, -0.2) is 0 Å². The maximum Gasteiger partial charge on any atom is 0.247 e. The minimum absolute atomic E-state index is 0.0955. The highest BCUT2D eigenvalue weighted by atomic mass is 16.2. The summed E-state index contributed by atoms with van der Waals surface area (Å²) >= 11 is 0. The van der Waals surface area contributed by atoms with Crippen molar-refractivity contribution in [3.05, 3.63) is 66.0 Å². The number of likely N-dealkylation sites (N-methyl/N-ethyl adjacent to an activating group) is 1. The summed E-state index contributed by atoms with van der Waals surface area (Å²) in [5.41, 5.74) is 6.94. The van der Waals surface area contributed by atoms with Gasteiger partial charge in [0, 0.05) is 12.7 Å². The molecule has 0 fully saturated rings. The fourth-order valence-electron chi connectivity index (χ4n) is 2.25. The van der Waals surface area contributed by atoms with Crippen LogP contribution in [0.15, 0.2) is 54.7 Å². The molecule has 0 bridgehead atoms. The van der Waals surface area contributed by atoms with Crippen LogP contribution < -0.4 is 5.73 Å². The molecule has 2 rings (SSSR count). The minimum atomic E-state index is -1.04. The van der Waals surface area contributed by atoms with Gasteiger partial charge in [0.1, 0.15) is 5.54 Å². The van der Waals surface area contributed by atoms with Crippen LogP contribution in [0, 0.1) is 0 Å². The molecule has 4 nitrogen and oxygen atoms in total. The smallest absolute Gasteiger partial charge is 0.247 e. The maximum atomic E-state index is 12.8. The molecule has 4 heteroatoms. The summed E-state index contributed by atoms with van der Waals surface area (Å²) in [6, 6.07) is 15.1. The average molecular weight is 283 g/mol. The van der Waals surface area contributed by atoms with Crippen LogP contribution in [0.4, 0.5) is 0 Å². The largest absolute Gasteiger partial charge is 0.335 e. The Morgan fingerprint density at radius 1 is 1.19 bits per heavy atom. The van der Waals surface area contributed by atoms with Gasteiger partial charge in [-0.15, -0.1) is 0 Å². The molecule has 0 saturated heterocycles. The van der Waals surface area contributed by atoms with Crippen molar-refractivity contribution in [3.8, 4) is 0 Å². The van der Waals surface area contributed by atoms with E-state index in [1.54, 1.807) is 18.0 Å². The Bertz CT molecular complexity index is 581. The highest BCUT2D eigenvalue weighted by Crippen LogP contribution is 2.21. The number of aromatic nitrogens is 1. The molecule has 1 aromatic carbocycles. The van der Waals surface area contributed by atoms with E-state index in [4.69, 9.17) is 5.73 Å². The number of hydrogen-bond donors (Lipinski definition) is 1. The van der Waals surface area contributed by atoms with Crippen LogP contribution in [0.25, 0.3) is 0 Å². The van der Waals surface area contributed by atoms with Gasteiger partial charge in [-0.2, -0.15) is 0 Å². The van der Waals surface area contributed by atoms with Crippen LogP contribution in [0.5, 0.6) is 0 Å². The SMILES string of the molecule is CCN(Cc1ccccn1)C(=O)C(C)(N)c1ccccc1. The number of nitrogens with zero attached hydrogens (tertiary/aromatic N) is 2. The van der Waals surface area contributed by atoms with E-state index in [0.29, 0.717) is 13.1 Å². The first-order chi connectivity index (χ1) is 10.1. The summed E-state index contributed by atoms with van der Waals surface area (Å²) in [6.45, 7) is 4.76. The van der Waals surface area contributed by atoms with E-state index in [1.807, 2.05) is 55.5 Å². The first kappa shape index (κ1) is 15.2. The molecule has 1 aromatic heterocycles. The number of hydrogen-bond acceptors (Lipinski definition) is 3. The van der Waals surface area contributed by atoms with E-state index in [0.717, 1.165) is 11.3 Å². The van der Waals surface area contributed by atoms with Gasteiger partial charge in [0.2, 0.25) is 5.91 Å². The summed E-state index contributed by atoms with van der Waals surface area (Å²) in [4.78, 5) is 18.8. The van der Waals surface area contributed by atoms with Crippen LogP contribution in [-0.4, -0.2) is 22.3 Å². The lowest BCUT2D eigenvalue weighted by molar-refractivity contribution is -0.137. The van der Waals surface area contributed by atoms with Gasteiger partial charge in [0.05, 0.1) is 12.2 Å². The van der Waals surface area contributed by atoms with E-state index in [-0.39, 0.29) is 5.91 Å². The summed E-state index contributed by atoms with van der Waals surface area (Å²) < 4.78 is 0. The van der Waals surface area contributed by atoms with Gasteiger partial charge in [0.25, 0.3) is 0 Å². The third-order valence-electron chi connectivity index (χ3n) is 3.57. The number of carbonyl (C=O) groups excluding carboxylic acids is 1. The van der Waals surface area contributed by atoms with Crippen molar-refractivity contribution < 1.29 is 4.79 Å². The first-order valence-corrected chi connectivity index (χ1v) is 7.09. The topological polar surface area (TPSA) is 59.2 Å². The molecule has 1 atom stereocenters. The Kier molecular flexibility index (Phi) is 4.70. The maximum absolute atomic E-state index is 12.8. The molecule has 0 aliphatic heterocycles. The number of amides is 1. The minimum Gasteiger partial charge on any atom is -0.335 e. The molecule has 110 valence electrons. The van der Waals surface area contributed by atoms with E-state index in [1.165, 1.54) is 0 Å². The number of rotatable bonds is 5. The van der Waals surface area contributed by atoms with Gasteiger partial charge < -0.3 is 10.6 Å². The molecule has 0 spiro atoms. The molecule has 0 radical (unpaired) electrons. The molecular formula is C17H21N3O. The zero-order valence-corrected chi connectivity index (χ0v) is 12.5. The van der Waals surface area contributed by atoms with Crippen molar-refractivity contribution >= 4 is 5.91 Å². The Balaban J connectivity index is 2.20. The summed E-state index contributed by atoms with van der Waals surface area (Å²) in [5.74, 6) is -0.0955. The van der Waals surface area contributed by atoms with E-state index >= 15 is 0 Å². The molecule has 0 aliphatic rings. The lowest BCUT2D eigenvalue weighted by atomic mass is 9.91. The number of carbonyl (C=O) groups is 1. The van der Waals surface area contributed by atoms with Gasteiger partial charge >= 0.3 is 0 Å². The Morgan fingerprint density at radius 3 is 2.43 bits per heavy atom. The molecular weight excluding hydrogens is 262 g/mol. The summed E-state index contributed by atoms with van der Waals surface area (Å²) in [6.07, 6.45) is 1.73. The van der Waals surface area contributed by atoms with Crippen LogP contribution in [0.3, 0.4) is 0 Å². The van der Waals surface area contributed by atoms with Crippen molar-refractivity contribution in [2.75, 3.05) is 6.54 Å². The Hall–Kier alpha value is -2.20. The summed E-state index contributed by atoms with van der Waals surface area (Å²) in [7, 11) is 0. The lowest BCUT2D eigenvalue weighted by Gasteiger charge is -2.31. The van der Waals surface area contributed by atoms with Crippen LogP contribution in [-0.2, 0) is 16.9 Å². The highest BCUT2D eigenvalue weighted by Gasteiger charge is 2.33. The van der Waals surface area contributed by atoms with Gasteiger partial charge in [-0.3, -0.25) is 9.78 Å². The second-order valence-corrected chi connectivity index (χ2v) is 5.21. The number of pyridine rings is 1. The van der Waals surface area contributed by atoms with Crippen LogP contribution in [0.2, 0.25) is 0 Å². The molecule has 0 aliphatic carbocycles. The standard InChI is InChI=1S/C17H21N3O/c1-3-20(13-15-11-7-8-12-19-15)16(21)17(2,18)14-9-5-4-6-10-14/h4-12H,3,13,18H2,1-2H3. The molecule has 2 N–H and O–H groups in total. The predicted molar refractivity (Wildman–Crippen MR) is 83.3 cm³/mol. The van der Waals surface area contributed by atoms with Gasteiger partial charge in [-0.1, -0.05) is 36.4 Å². The second-order valence-electron chi connectivity index (χ2n) is 5.21. The quantitative estimate of drug-likeness (QED) is 0.916. The van der Waals surface area contributed by atoms with E-state index < -0.39 is 5.54 Å². The third-order valence-corrected chi connectivity index (χ3v) is 3.57. The number of nitrogens with two attached hydrogens (primary N) is 1. The molecule has 1 heterocycles. The van der Waals surface area contributed by atoms with Crippen molar-refractivity contribution in [1.29, 1.82) is 0 Å². The fourth-order valence-corrected chi connectivity index (χ4v) is 2.25. The normalized spacial score (nSPS) is 13.5. The zero-order chi connectivity index (χ0) is 15.3. The van der Waals surface area contributed by atoms with Crippen molar-refractivity contribution in [3.63, 3.8) is 0 Å². The van der Waals surface area contributed by atoms with Gasteiger partial charge in [-0.05, 0) is 31.5 Å². The zero-order valence-electron chi connectivity index (χ0n) is 12.5. The lowest BCUT2D eigenvalue weighted by Crippen LogP contribution is -2.50. The van der Waals surface area contributed by atoms with E-state index in [2.05, 4.69) is 4.98 Å². The van der Waals surface area contributed by atoms with Gasteiger partial charge in [0.15, 0.2) is 0 Å². The van der Waals surface area contributed by atoms with Crippen LogP contribution in [0.1, 0.15) is 25.1 Å². The molecule has 1 unspecified atom stereocenters. The molecule has 21 heavy (non-hydrogen) atoms. The fraction of sp³-hybridized carbons (Fsp3) is 0.294. The van der Waals surface area contributed by atoms with E-state index in [9.17, 15) is 4.79 Å². The Labute approximate surface area is 125 Å². The third kappa shape index (κ3) is 3.47.